The van der Waals surface area contributed by atoms with Crippen molar-refractivity contribution in [2.45, 2.75) is 18.9 Å². The van der Waals surface area contributed by atoms with Crippen molar-refractivity contribution < 1.29 is 23.2 Å². The molecule has 6 aliphatic carbocycles. The number of hydrogen-bond donors (Lipinski definition) is 3. The monoisotopic (exact) mass is 545 g/mol. The number of oxazole rings is 1. The molecule has 1 aromatic heterocycles. The third-order valence-corrected chi connectivity index (χ3v) is 11.3. The third kappa shape index (κ3) is 2.11. The van der Waals surface area contributed by atoms with Crippen molar-refractivity contribution in [2.24, 2.45) is 69.2 Å². The molecular weight excluding hydrogens is 521 g/mol. The lowest BCUT2D eigenvalue weighted by molar-refractivity contribution is -0.638. The molecule has 0 saturated heterocycles. The second-order valence-electron chi connectivity index (χ2n) is 12.2. The zero-order valence-corrected chi connectivity index (χ0v) is 21.2. The van der Waals surface area contributed by atoms with Gasteiger partial charge in [-0.2, -0.15) is 5.10 Å². The van der Waals surface area contributed by atoms with Crippen LogP contribution in [0.1, 0.15) is 5.56 Å². The molecule has 12 nitrogen and oxygen atoms in total. The number of halogens is 1. The molecule has 0 bridgehead atoms. The topological polar surface area (TPSA) is 164 Å². The maximum atomic E-state index is 14.6. The van der Waals surface area contributed by atoms with Crippen LogP contribution < -0.4 is 22.1 Å². The minimum Gasteiger partial charge on any atom is -0.408 e. The number of alkyl halides is 1. The third-order valence-electron chi connectivity index (χ3n) is 11.3. The van der Waals surface area contributed by atoms with Crippen LogP contribution in [0.25, 0.3) is 11.1 Å². The Morgan fingerprint density at radius 2 is 1.82 bits per heavy atom. The molecule has 204 valence electrons. The number of aryl methyl sites for hydroxylation is 1. The molecule has 2 aromatic rings. The fourth-order valence-corrected chi connectivity index (χ4v) is 9.89. The SMILES string of the molecule is Cn1c(=O)oc2ccc(CNC(=O)C3=NC4[C@H](F)C=NN4C(C(=O)NCC45C6C7C4C4C5C6C74C(N)=O)=C3)cc21. The molecule has 0 radical (unpaired) electrons. The number of aromatic nitrogens is 1. The Labute approximate surface area is 225 Å². The van der Waals surface area contributed by atoms with Crippen molar-refractivity contribution in [3.63, 3.8) is 0 Å². The van der Waals surface area contributed by atoms with Crippen LogP contribution in [0.15, 0.2) is 49.3 Å². The van der Waals surface area contributed by atoms with E-state index in [4.69, 9.17) is 10.2 Å². The highest BCUT2D eigenvalue weighted by molar-refractivity contribution is 6.44. The Balaban J connectivity index is 0.906. The van der Waals surface area contributed by atoms with Crippen LogP contribution in [-0.2, 0) is 28.0 Å². The van der Waals surface area contributed by atoms with Gasteiger partial charge >= 0.3 is 5.76 Å². The standard InChI is InChI=1S/C27H24FN7O5/c1-34-12-4-9(2-3-14(12)40-25(34)39)6-30-22(36)11-5-13(35-21(33-11)10(28)7-32-35)23(37)31-8-26-15-18-16(26)20-17(26)19(15)27(18,20)24(29)38/h2-5,7,10,15-21H,6,8H2,1H3,(H2,29,38)(H,30,36)(H,31,37)/t10-,15?,16?,17?,18?,19?,20?,21?,26?,27?/m1/s1. The highest BCUT2D eigenvalue weighted by atomic mass is 19.1. The first-order valence-corrected chi connectivity index (χ1v) is 13.4. The fraction of sp³-hybridized carbons (Fsp3) is 0.481. The number of carbonyl (C=O) groups excluding carboxylic acids is 3. The van der Waals surface area contributed by atoms with Crippen molar-refractivity contribution in [2.75, 3.05) is 6.54 Å². The summed E-state index contributed by atoms with van der Waals surface area (Å²) in [6, 6.07) is 5.11. The summed E-state index contributed by atoms with van der Waals surface area (Å²) in [6.07, 6.45) is -0.302. The molecule has 0 spiro atoms. The molecular formula is C27H24FN7O5. The number of amides is 3. The molecule has 2 aliphatic heterocycles. The smallest absolute Gasteiger partial charge is 0.408 e. The van der Waals surface area contributed by atoms with Crippen LogP contribution in [0.4, 0.5) is 4.39 Å². The van der Waals surface area contributed by atoms with E-state index in [1.54, 1.807) is 25.2 Å². The lowest BCUT2D eigenvalue weighted by Gasteiger charge is -3.10. The predicted octanol–water partition coefficient (Wildman–Crippen LogP) is -0.609. The Hall–Kier alpha value is -4.29. The predicted molar refractivity (Wildman–Crippen MR) is 136 cm³/mol. The van der Waals surface area contributed by atoms with Gasteiger partial charge in [0.05, 0.1) is 17.1 Å². The molecule has 4 N–H and O–H groups in total. The number of aliphatic imine (C=N–C) groups is 1. The Morgan fingerprint density at radius 1 is 1.10 bits per heavy atom. The first kappa shape index (κ1) is 22.5. The van der Waals surface area contributed by atoms with E-state index in [0.29, 0.717) is 53.2 Å². The number of fused-ring (bicyclic) bond motifs is 2. The van der Waals surface area contributed by atoms with E-state index in [-0.39, 0.29) is 34.7 Å². The van der Waals surface area contributed by atoms with Gasteiger partial charge in [0.1, 0.15) is 11.4 Å². The van der Waals surface area contributed by atoms with Gasteiger partial charge in [0.2, 0.25) is 5.91 Å². The normalized spacial score (nSPS) is 41.3. The van der Waals surface area contributed by atoms with Crippen LogP contribution >= 0.6 is 0 Å². The zero-order chi connectivity index (χ0) is 27.5. The summed E-state index contributed by atoms with van der Waals surface area (Å²) < 4.78 is 21.1. The number of primary amides is 1. The highest BCUT2D eigenvalue weighted by Gasteiger charge is 3.10. The molecule has 3 amide bonds. The van der Waals surface area contributed by atoms with Crippen molar-refractivity contribution in [3.8, 4) is 0 Å². The molecule has 2 atom stereocenters. The van der Waals surface area contributed by atoms with Crippen LogP contribution in [0.5, 0.6) is 0 Å². The maximum Gasteiger partial charge on any atom is 0.419 e. The number of nitrogens with one attached hydrogen (secondary N) is 2. The van der Waals surface area contributed by atoms with E-state index in [9.17, 15) is 23.6 Å². The van der Waals surface area contributed by atoms with Crippen LogP contribution in [0.2, 0.25) is 0 Å². The highest BCUT2D eigenvalue weighted by Crippen LogP contribution is 3.10. The number of hydrazone groups is 1. The van der Waals surface area contributed by atoms with Gasteiger partial charge in [0, 0.05) is 26.2 Å². The molecule has 3 heterocycles. The quantitative estimate of drug-likeness (QED) is 0.420. The minimum absolute atomic E-state index is 0.0573. The summed E-state index contributed by atoms with van der Waals surface area (Å²) in [7, 11) is 1.59. The number of hydrogen-bond acceptors (Lipinski definition) is 8. The van der Waals surface area contributed by atoms with Crippen molar-refractivity contribution in [3.05, 3.63) is 46.1 Å². The fourth-order valence-electron chi connectivity index (χ4n) is 9.89. The van der Waals surface area contributed by atoms with Gasteiger partial charge in [-0.3, -0.25) is 19.0 Å². The molecule has 10 rings (SSSR count). The largest absolute Gasteiger partial charge is 0.419 e. The van der Waals surface area contributed by atoms with Crippen molar-refractivity contribution in [1.82, 2.24) is 20.2 Å². The Bertz CT molecular complexity index is 1720. The minimum atomic E-state index is -1.57. The zero-order valence-electron chi connectivity index (χ0n) is 21.2. The van der Waals surface area contributed by atoms with Gasteiger partial charge in [-0.1, -0.05) is 6.07 Å². The molecule has 40 heavy (non-hydrogen) atoms. The molecule has 1 unspecified atom stereocenters. The van der Waals surface area contributed by atoms with Crippen LogP contribution in [-0.4, -0.2) is 58.1 Å². The van der Waals surface area contributed by atoms with E-state index in [1.165, 1.54) is 15.7 Å². The van der Waals surface area contributed by atoms with Crippen LogP contribution in [0, 0.1) is 46.3 Å². The lowest BCUT2D eigenvalue weighted by atomic mass is 8.92. The second-order valence-corrected chi connectivity index (χ2v) is 12.2. The number of nitrogens with two attached hydrogens (primary N) is 1. The summed E-state index contributed by atoms with van der Waals surface area (Å²) in [6.45, 7) is 0.607. The first-order chi connectivity index (χ1) is 19.2. The van der Waals surface area contributed by atoms with E-state index in [1.807, 2.05) is 0 Å². The number of rotatable bonds is 7. The van der Waals surface area contributed by atoms with Gasteiger partial charge in [-0.05, 0) is 58.6 Å². The van der Waals surface area contributed by atoms with Crippen molar-refractivity contribution >= 4 is 40.7 Å². The summed E-state index contributed by atoms with van der Waals surface area (Å²) >= 11 is 0. The number of nitrogens with zero attached hydrogens (tertiary/aromatic N) is 4. The van der Waals surface area contributed by atoms with E-state index in [2.05, 4.69) is 20.7 Å². The first-order valence-electron chi connectivity index (χ1n) is 13.4. The summed E-state index contributed by atoms with van der Waals surface area (Å²) in [5, 5.41) is 11.0. The second kappa shape index (κ2) is 6.70. The summed E-state index contributed by atoms with van der Waals surface area (Å²) in [5.41, 5.74) is 7.25. The number of carbonyl (C=O) groups is 3. The van der Waals surface area contributed by atoms with E-state index < -0.39 is 29.9 Å². The molecule has 6 saturated carbocycles. The van der Waals surface area contributed by atoms with Gasteiger partial charge in [0.15, 0.2) is 17.9 Å². The van der Waals surface area contributed by atoms with Crippen molar-refractivity contribution in [1.29, 1.82) is 0 Å². The molecule has 13 heteroatoms. The molecule has 8 aliphatic rings. The van der Waals surface area contributed by atoms with Crippen LogP contribution in [0.3, 0.4) is 0 Å². The average Bonchev–Trinajstić information content (AvgIpc) is 3.47. The summed E-state index contributed by atoms with van der Waals surface area (Å²) in [4.78, 5) is 54.4. The van der Waals surface area contributed by atoms with Gasteiger partial charge < -0.3 is 20.8 Å². The lowest BCUT2D eigenvalue weighted by Crippen LogP contribution is -3.12. The van der Waals surface area contributed by atoms with Gasteiger partial charge in [-0.15, -0.1) is 0 Å². The van der Waals surface area contributed by atoms with Gasteiger partial charge in [-0.25, -0.2) is 19.2 Å². The van der Waals surface area contributed by atoms with E-state index >= 15 is 0 Å². The molecule has 6 fully saturated rings. The van der Waals surface area contributed by atoms with Gasteiger partial charge in [0.25, 0.3) is 11.8 Å². The summed E-state index contributed by atoms with van der Waals surface area (Å²) in [5.74, 6) is 0.885. The Morgan fingerprint density at radius 3 is 2.52 bits per heavy atom. The maximum absolute atomic E-state index is 14.6. The Kier molecular flexibility index (Phi) is 3.77. The van der Waals surface area contributed by atoms with E-state index in [0.717, 1.165) is 11.8 Å². The average molecular weight is 546 g/mol. The molecule has 1 aromatic carbocycles. The number of benzene rings is 1.